The van der Waals surface area contributed by atoms with Gasteiger partial charge in [-0.1, -0.05) is 47.7 Å². The zero-order chi connectivity index (χ0) is 21.1. The first-order valence-electron chi connectivity index (χ1n) is 9.51. The van der Waals surface area contributed by atoms with E-state index in [-0.39, 0.29) is 11.3 Å². The zero-order valence-electron chi connectivity index (χ0n) is 16.3. The number of non-ortho nitro benzene ring substituents is 1. The molecule has 1 aromatic heterocycles. The van der Waals surface area contributed by atoms with Gasteiger partial charge >= 0.3 is 0 Å². The monoisotopic (exact) mass is 421 g/mol. The van der Waals surface area contributed by atoms with E-state index in [2.05, 4.69) is 4.99 Å². The van der Waals surface area contributed by atoms with Gasteiger partial charge in [-0.2, -0.15) is 4.99 Å². The summed E-state index contributed by atoms with van der Waals surface area (Å²) in [5.74, 6) is -0.514. The molecule has 4 rings (SSSR count). The van der Waals surface area contributed by atoms with Crippen LogP contribution < -0.4 is 4.80 Å². The summed E-state index contributed by atoms with van der Waals surface area (Å²) in [6, 6.07) is 17.8. The highest BCUT2D eigenvalue weighted by molar-refractivity contribution is 7.17. The Balaban J connectivity index is 1.86. The summed E-state index contributed by atoms with van der Waals surface area (Å²) in [6.45, 7) is 3.58. The van der Waals surface area contributed by atoms with Crippen molar-refractivity contribution in [3.8, 4) is 0 Å². The molecule has 0 saturated heterocycles. The Morgan fingerprint density at radius 2 is 2.00 bits per heavy atom. The second kappa shape index (κ2) is 8.56. The predicted octanol–water partition coefficient (Wildman–Crippen LogP) is 4.54. The van der Waals surface area contributed by atoms with Gasteiger partial charge in [-0.25, -0.2) is 0 Å². The molecule has 7 nitrogen and oxygen atoms in total. The summed E-state index contributed by atoms with van der Waals surface area (Å²) in [4.78, 5) is 28.1. The van der Waals surface area contributed by atoms with Gasteiger partial charge < -0.3 is 9.30 Å². The molecule has 3 aromatic carbocycles. The Kier molecular flexibility index (Phi) is 5.69. The van der Waals surface area contributed by atoms with Gasteiger partial charge in [-0.3, -0.25) is 14.9 Å². The highest BCUT2D eigenvalue weighted by Gasteiger charge is 2.14. The van der Waals surface area contributed by atoms with Crippen molar-refractivity contribution in [1.29, 1.82) is 0 Å². The molecule has 4 aromatic rings. The topological polar surface area (TPSA) is 86.7 Å². The molecule has 0 N–H and O–H groups in total. The first kappa shape index (κ1) is 19.9. The third-order valence-corrected chi connectivity index (χ3v) is 5.87. The fourth-order valence-electron chi connectivity index (χ4n) is 3.30. The van der Waals surface area contributed by atoms with Crippen molar-refractivity contribution in [2.75, 3.05) is 13.2 Å². The second-order valence-electron chi connectivity index (χ2n) is 6.59. The number of hydrogen-bond donors (Lipinski definition) is 0. The van der Waals surface area contributed by atoms with E-state index < -0.39 is 10.8 Å². The van der Waals surface area contributed by atoms with Crippen LogP contribution in [0.4, 0.5) is 5.69 Å². The standard InChI is InChI=1S/C22H19N3O4S/c1-2-29-13-12-24-19-11-10-15-6-3-4-9-18(15)20(19)30-22(24)23-21(26)16-7-5-8-17(14-16)25(27)28/h3-11,14H,2,12-13H2,1H3. The van der Waals surface area contributed by atoms with Gasteiger partial charge in [0.25, 0.3) is 11.6 Å². The fourth-order valence-corrected chi connectivity index (χ4v) is 4.49. The summed E-state index contributed by atoms with van der Waals surface area (Å²) < 4.78 is 8.52. The third kappa shape index (κ3) is 3.87. The van der Waals surface area contributed by atoms with E-state index in [9.17, 15) is 14.9 Å². The number of carbonyl (C=O) groups is 1. The molecule has 30 heavy (non-hydrogen) atoms. The van der Waals surface area contributed by atoms with Gasteiger partial charge in [-0.05, 0) is 24.4 Å². The Bertz CT molecular complexity index is 1320. The summed E-state index contributed by atoms with van der Waals surface area (Å²) in [5, 5.41) is 13.2. The minimum atomic E-state index is -0.523. The molecule has 0 radical (unpaired) electrons. The largest absolute Gasteiger partial charge is 0.380 e. The van der Waals surface area contributed by atoms with Crippen LogP contribution >= 0.6 is 11.3 Å². The van der Waals surface area contributed by atoms with Crippen LogP contribution in [0.5, 0.6) is 0 Å². The van der Waals surface area contributed by atoms with Crippen molar-refractivity contribution in [2.45, 2.75) is 13.5 Å². The summed E-state index contributed by atoms with van der Waals surface area (Å²) in [7, 11) is 0. The van der Waals surface area contributed by atoms with Crippen LogP contribution in [0.2, 0.25) is 0 Å². The number of nitro benzene ring substituents is 1. The number of benzene rings is 3. The van der Waals surface area contributed by atoms with Gasteiger partial charge in [0.2, 0.25) is 0 Å². The zero-order valence-corrected chi connectivity index (χ0v) is 17.1. The van der Waals surface area contributed by atoms with Crippen LogP contribution in [-0.2, 0) is 11.3 Å². The number of fused-ring (bicyclic) bond motifs is 3. The molecule has 0 aliphatic carbocycles. The molecular formula is C22H19N3O4S. The molecular weight excluding hydrogens is 402 g/mol. The lowest BCUT2D eigenvalue weighted by Gasteiger charge is -2.06. The maximum atomic E-state index is 12.8. The smallest absolute Gasteiger partial charge is 0.279 e. The SMILES string of the molecule is CCOCCn1c(=NC(=O)c2cccc([N+](=O)[O-])c2)sc2c3ccccc3ccc21. The molecule has 0 spiro atoms. The average Bonchev–Trinajstić information content (AvgIpc) is 3.11. The van der Waals surface area contributed by atoms with Gasteiger partial charge in [-0.15, -0.1) is 0 Å². The van der Waals surface area contributed by atoms with Crippen molar-refractivity contribution in [3.63, 3.8) is 0 Å². The Hall–Kier alpha value is -3.36. The van der Waals surface area contributed by atoms with Gasteiger partial charge in [0, 0.05) is 36.2 Å². The number of ether oxygens (including phenoxy) is 1. The van der Waals surface area contributed by atoms with Gasteiger partial charge in [0.15, 0.2) is 4.80 Å². The van der Waals surface area contributed by atoms with E-state index in [1.807, 2.05) is 47.9 Å². The molecule has 0 aliphatic rings. The number of carbonyl (C=O) groups excluding carboxylic acids is 1. The molecule has 0 bridgehead atoms. The van der Waals surface area contributed by atoms with Gasteiger partial charge in [0.1, 0.15) is 0 Å². The van der Waals surface area contributed by atoms with Crippen LogP contribution in [0.25, 0.3) is 21.0 Å². The number of aromatic nitrogens is 1. The fraction of sp³-hybridized carbons (Fsp3) is 0.182. The summed E-state index contributed by atoms with van der Waals surface area (Å²) in [5.41, 5.74) is 1.02. The van der Waals surface area contributed by atoms with Crippen LogP contribution in [0.15, 0.2) is 65.7 Å². The van der Waals surface area contributed by atoms with E-state index >= 15 is 0 Å². The van der Waals surface area contributed by atoms with Crippen LogP contribution in [-0.4, -0.2) is 28.6 Å². The number of nitrogens with zero attached hydrogens (tertiary/aromatic N) is 3. The first-order chi connectivity index (χ1) is 14.6. The van der Waals surface area contributed by atoms with E-state index in [1.54, 1.807) is 0 Å². The van der Waals surface area contributed by atoms with E-state index in [1.165, 1.54) is 35.6 Å². The van der Waals surface area contributed by atoms with Crippen molar-refractivity contribution in [3.05, 3.63) is 81.1 Å². The molecule has 152 valence electrons. The molecule has 0 unspecified atom stereocenters. The first-order valence-corrected chi connectivity index (χ1v) is 10.3. The van der Waals surface area contributed by atoms with Crippen molar-refractivity contribution in [1.82, 2.24) is 4.57 Å². The lowest BCUT2D eigenvalue weighted by molar-refractivity contribution is -0.384. The van der Waals surface area contributed by atoms with E-state index in [0.717, 1.165) is 21.0 Å². The maximum absolute atomic E-state index is 12.8. The number of nitro groups is 1. The number of amides is 1. The van der Waals surface area contributed by atoms with Crippen molar-refractivity contribution >= 4 is 43.9 Å². The predicted molar refractivity (Wildman–Crippen MR) is 117 cm³/mol. The average molecular weight is 421 g/mol. The lowest BCUT2D eigenvalue weighted by Crippen LogP contribution is -2.19. The highest BCUT2D eigenvalue weighted by atomic mass is 32.1. The highest BCUT2D eigenvalue weighted by Crippen LogP contribution is 2.27. The molecule has 8 heteroatoms. The van der Waals surface area contributed by atoms with E-state index in [4.69, 9.17) is 4.74 Å². The third-order valence-electron chi connectivity index (χ3n) is 4.74. The normalized spacial score (nSPS) is 12.0. The summed E-state index contributed by atoms with van der Waals surface area (Å²) in [6.07, 6.45) is 0. The molecule has 1 amide bonds. The van der Waals surface area contributed by atoms with Gasteiger partial charge in [0.05, 0.1) is 21.7 Å². The Morgan fingerprint density at radius 1 is 1.17 bits per heavy atom. The van der Waals surface area contributed by atoms with Crippen LogP contribution in [0.3, 0.4) is 0 Å². The van der Waals surface area contributed by atoms with E-state index in [0.29, 0.717) is 24.6 Å². The Labute approximate surface area is 176 Å². The number of hydrogen-bond acceptors (Lipinski definition) is 5. The lowest BCUT2D eigenvalue weighted by atomic mass is 10.1. The molecule has 0 saturated carbocycles. The molecule has 0 aliphatic heterocycles. The quantitative estimate of drug-likeness (QED) is 0.260. The summed E-state index contributed by atoms with van der Waals surface area (Å²) >= 11 is 1.43. The molecule has 0 atom stereocenters. The second-order valence-corrected chi connectivity index (χ2v) is 7.57. The molecule has 0 fully saturated rings. The maximum Gasteiger partial charge on any atom is 0.279 e. The van der Waals surface area contributed by atoms with Crippen molar-refractivity contribution < 1.29 is 14.5 Å². The number of rotatable bonds is 6. The van der Waals surface area contributed by atoms with Crippen molar-refractivity contribution in [2.24, 2.45) is 4.99 Å². The van der Waals surface area contributed by atoms with Crippen LogP contribution in [0, 0.1) is 10.1 Å². The molecule has 1 heterocycles. The number of thiazole rings is 1. The minimum absolute atomic E-state index is 0.136. The Morgan fingerprint density at radius 3 is 2.80 bits per heavy atom. The minimum Gasteiger partial charge on any atom is -0.380 e. The van der Waals surface area contributed by atoms with Crippen LogP contribution in [0.1, 0.15) is 17.3 Å².